The first-order chi connectivity index (χ1) is 9.47. The number of rotatable bonds is 4. The predicted octanol–water partition coefficient (Wildman–Crippen LogP) is 2.87. The van der Waals surface area contributed by atoms with Crippen molar-refractivity contribution in [3.05, 3.63) is 40.0 Å². The van der Waals surface area contributed by atoms with Gasteiger partial charge in [-0.3, -0.25) is 15.0 Å². The molecule has 0 heterocycles. The number of anilines is 1. The van der Waals surface area contributed by atoms with Gasteiger partial charge in [0.1, 0.15) is 0 Å². The number of nitrogens with one attached hydrogen (secondary N) is 3. The van der Waals surface area contributed by atoms with E-state index < -0.39 is 11.8 Å². The van der Waals surface area contributed by atoms with Crippen LogP contribution in [0.4, 0.5) is 5.69 Å². The van der Waals surface area contributed by atoms with Crippen molar-refractivity contribution in [3.63, 3.8) is 0 Å². The molecule has 20 heavy (non-hydrogen) atoms. The fourth-order valence-corrected chi connectivity index (χ4v) is 1.62. The zero-order valence-corrected chi connectivity index (χ0v) is 12.6. The molecule has 0 radical (unpaired) electrons. The smallest absolute Gasteiger partial charge is 0.318 e. The molecule has 1 rings (SSSR count). The highest BCUT2D eigenvalue weighted by Gasteiger charge is 2.14. The Morgan fingerprint density at radius 2 is 1.85 bits per heavy atom. The van der Waals surface area contributed by atoms with E-state index in [1.807, 2.05) is 13.8 Å². The molecule has 0 atom stereocenters. The first kappa shape index (κ1) is 16.3. The van der Waals surface area contributed by atoms with Gasteiger partial charge in [0.15, 0.2) is 0 Å². The van der Waals surface area contributed by atoms with Gasteiger partial charge in [-0.25, -0.2) is 0 Å². The van der Waals surface area contributed by atoms with Crippen LogP contribution in [-0.2, 0) is 9.59 Å². The normalized spacial score (nSPS) is 10.9. The molecule has 1 aromatic carbocycles. The Kier molecular flexibility index (Phi) is 6.35. The second kappa shape index (κ2) is 7.77. The molecule has 0 saturated heterocycles. The third-order valence-corrected chi connectivity index (χ3v) is 3.19. The van der Waals surface area contributed by atoms with E-state index >= 15 is 0 Å². The van der Waals surface area contributed by atoms with Crippen molar-refractivity contribution in [3.8, 4) is 0 Å². The Balaban J connectivity index is 2.57. The number of hydrogen-bond donors (Lipinski definition) is 3. The van der Waals surface area contributed by atoms with Gasteiger partial charge in [0.2, 0.25) is 0 Å². The lowest BCUT2D eigenvalue weighted by molar-refractivity contribution is -0.136. The van der Waals surface area contributed by atoms with Gasteiger partial charge in [-0.2, -0.15) is 0 Å². The summed E-state index contributed by atoms with van der Waals surface area (Å²) in [5.41, 5.74) is 6.16. The number of hydrazine groups is 1. The summed E-state index contributed by atoms with van der Waals surface area (Å²) in [4.78, 5) is 23.2. The van der Waals surface area contributed by atoms with Gasteiger partial charge >= 0.3 is 11.8 Å². The maximum absolute atomic E-state index is 11.6. The van der Waals surface area contributed by atoms with Crippen molar-refractivity contribution >= 4 is 40.7 Å². The number of hydrogen-bond acceptors (Lipinski definition) is 3. The summed E-state index contributed by atoms with van der Waals surface area (Å²) in [6.07, 6.45) is 2.52. The standard InChI is InChI=1S/C13H15Cl2N3O2/c1-3-8(4-2)17-18-13(20)12(19)16-9-5-6-10(14)11(15)7-9/h3,5-7,17H,4H2,1-2H3,(H,16,19)(H,18,20)/b8-3-. The van der Waals surface area contributed by atoms with Crippen LogP contribution >= 0.6 is 23.2 Å². The number of carbonyl (C=O) groups is 2. The van der Waals surface area contributed by atoms with E-state index in [1.165, 1.54) is 12.1 Å². The van der Waals surface area contributed by atoms with Crippen LogP contribution in [0.5, 0.6) is 0 Å². The Morgan fingerprint density at radius 1 is 1.15 bits per heavy atom. The third-order valence-electron chi connectivity index (χ3n) is 2.45. The maximum atomic E-state index is 11.6. The Morgan fingerprint density at radius 3 is 2.40 bits per heavy atom. The zero-order chi connectivity index (χ0) is 15.1. The molecule has 0 saturated carbocycles. The Hall–Kier alpha value is -1.72. The molecule has 0 aromatic heterocycles. The number of carbonyl (C=O) groups excluding carboxylic acids is 2. The second-order valence-corrected chi connectivity index (χ2v) is 4.64. The topological polar surface area (TPSA) is 70.2 Å². The van der Waals surface area contributed by atoms with Gasteiger partial charge in [0, 0.05) is 11.4 Å². The van der Waals surface area contributed by atoms with Crippen LogP contribution in [0.15, 0.2) is 30.0 Å². The molecule has 2 amide bonds. The minimum absolute atomic E-state index is 0.296. The molecular weight excluding hydrogens is 301 g/mol. The summed E-state index contributed by atoms with van der Waals surface area (Å²) in [5.74, 6) is -1.61. The van der Waals surface area contributed by atoms with E-state index in [0.29, 0.717) is 22.2 Å². The SMILES string of the molecule is C/C=C(/CC)NNC(=O)C(=O)Nc1ccc(Cl)c(Cl)c1. The molecule has 7 heteroatoms. The molecule has 3 N–H and O–H groups in total. The number of allylic oxidation sites excluding steroid dienone is 2. The molecule has 5 nitrogen and oxygen atoms in total. The second-order valence-electron chi connectivity index (χ2n) is 3.83. The molecule has 0 fully saturated rings. The summed E-state index contributed by atoms with van der Waals surface area (Å²) >= 11 is 11.6. The van der Waals surface area contributed by atoms with Crippen molar-refractivity contribution in [2.45, 2.75) is 20.3 Å². The average molecular weight is 316 g/mol. The highest BCUT2D eigenvalue weighted by atomic mass is 35.5. The largest absolute Gasteiger partial charge is 0.327 e. The molecule has 0 aliphatic heterocycles. The van der Waals surface area contributed by atoms with Crippen LogP contribution in [0, 0.1) is 0 Å². The van der Waals surface area contributed by atoms with Crippen molar-refractivity contribution in [1.29, 1.82) is 0 Å². The van der Waals surface area contributed by atoms with Crippen molar-refractivity contribution in [1.82, 2.24) is 10.9 Å². The van der Waals surface area contributed by atoms with Crippen molar-refractivity contribution < 1.29 is 9.59 Å². The van der Waals surface area contributed by atoms with Crippen LogP contribution in [0.2, 0.25) is 10.0 Å². The van der Waals surface area contributed by atoms with Gasteiger partial charge in [-0.1, -0.05) is 36.2 Å². The molecule has 0 aliphatic carbocycles. The molecule has 1 aromatic rings. The molecular formula is C13H15Cl2N3O2. The fraction of sp³-hybridized carbons (Fsp3) is 0.231. The van der Waals surface area contributed by atoms with Crippen LogP contribution in [0.25, 0.3) is 0 Å². The fourth-order valence-electron chi connectivity index (χ4n) is 1.32. The van der Waals surface area contributed by atoms with E-state index in [-0.39, 0.29) is 0 Å². The molecule has 0 spiro atoms. The Bertz CT molecular complexity index is 544. The predicted molar refractivity (Wildman–Crippen MR) is 80.4 cm³/mol. The summed E-state index contributed by atoms with van der Waals surface area (Å²) in [5, 5.41) is 3.08. The van der Waals surface area contributed by atoms with Crippen LogP contribution < -0.4 is 16.2 Å². The monoisotopic (exact) mass is 315 g/mol. The van der Waals surface area contributed by atoms with Gasteiger partial charge < -0.3 is 10.7 Å². The van der Waals surface area contributed by atoms with E-state index in [9.17, 15) is 9.59 Å². The number of amides is 2. The van der Waals surface area contributed by atoms with Crippen molar-refractivity contribution in [2.75, 3.05) is 5.32 Å². The highest BCUT2D eigenvalue weighted by Crippen LogP contribution is 2.24. The first-order valence-corrected chi connectivity index (χ1v) is 6.71. The van der Waals surface area contributed by atoms with Crippen LogP contribution in [0.1, 0.15) is 20.3 Å². The summed E-state index contributed by atoms with van der Waals surface area (Å²) in [6.45, 7) is 3.75. The van der Waals surface area contributed by atoms with E-state index in [2.05, 4.69) is 16.2 Å². The van der Waals surface area contributed by atoms with Gasteiger partial charge in [-0.05, 0) is 31.5 Å². The molecule has 0 unspecified atom stereocenters. The quantitative estimate of drug-likeness (QED) is 0.591. The third kappa shape index (κ3) is 4.75. The van der Waals surface area contributed by atoms with Crippen LogP contribution in [0.3, 0.4) is 0 Å². The molecule has 108 valence electrons. The van der Waals surface area contributed by atoms with E-state index in [4.69, 9.17) is 23.2 Å². The summed E-state index contributed by atoms with van der Waals surface area (Å²) in [6, 6.07) is 4.55. The first-order valence-electron chi connectivity index (χ1n) is 5.95. The lowest BCUT2D eigenvalue weighted by Crippen LogP contribution is -2.43. The zero-order valence-electron chi connectivity index (χ0n) is 11.1. The summed E-state index contributed by atoms with van der Waals surface area (Å²) < 4.78 is 0. The lowest BCUT2D eigenvalue weighted by atomic mass is 10.3. The number of benzene rings is 1. The number of halogens is 2. The lowest BCUT2D eigenvalue weighted by Gasteiger charge is -2.10. The van der Waals surface area contributed by atoms with Gasteiger partial charge in [0.25, 0.3) is 0 Å². The molecule has 0 bridgehead atoms. The van der Waals surface area contributed by atoms with Crippen LogP contribution in [-0.4, -0.2) is 11.8 Å². The molecule has 0 aliphatic rings. The summed E-state index contributed by atoms with van der Waals surface area (Å²) in [7, 11) is 0. The highest BCUT2D eigenvalue weighted by molar-refractivity contribution is 6.42. The van der Waals surface area contributed by atoms with Gasteiger partial charge in [-0.15, -0.1) is 0 Å². The minimum atomic E-state index is -0.803. The Labute approximate surface area is 127 Å². The van der Waals surface area contributed by atoms with E-state index in [0.717, 1.165) is 5.70 Å². The average Bonchev–Trinajstić information content (AvgIpc) is 2.43. The maximum Gasteiger partial charge on any atom is 0.327 e. The van der Waals surface area contributed by atoms with E-state index in [1.54, 1.807) is 12.1 Å². The minimum Gasteiger partial charge on any atom is -0.318 e. The van der Waals surface area contributed by atoms with Crippen molar-refractivity contribution in [2.24, 2.45) is 0 Å². The van der Waals surface area contributed by atoms with Gasteiger partial charge in [0.05, 0.1) is 10.0 Å².